The monoisotopic (exact) mass is 593 g/mol. The highest BCUT2D eigenvalue weighted by Gasteiger charge is 2.24. The van der Waals surface area contributed by atoms with E-state index in [2.05, 4.69) is 174 Å². The quantitative estimate of drug-likeness (QED) is 0.196. The van der Waals surface area contributed by atoms with E-state index in [1.165, 1.54) is 94.2 Å². The third-order valence-electron chi connectivity index (χ3n) is 10.0. The molecule has 0 saturated heterocycles. The second-order valence-corrected chi connectivity index (χ2v) is 14.1. The van der Waals surface area contributed by atoms with Gasteiger partial charge in [-0.2, -0.15) is 0 Å². The lowest BCUT2D eigenvalue weighted by Gasteiger charge is -2.29. The summed E-state index contributed by atoms with van der Waals surface area (Å²) < 4.78 is 0. The Labute approximate surface area is 272 Å². The van der Waals surface area contributed by atoms with Gasteiger partial charge in [-0.3, -0.25) is 0 Å². The molecule has 1 aliphatic rings. The summed E-state index contributed by atoms with van der Waals surface area (Å²) in [4.78, 5) is 2.41. The van der Waals surface area contributed by atoms with Crippen molar-refractivity contribution in [2.45, 2.75) is 47.0 Å². The predicted octanol–water partition coefficient (Wildman–Crippen LogP) is 13.0. The number of hydrogen-bond donors (Lipinski definition) is 0. The van der Waals surface area contributed by atoms with Gasteiger partial charge >= 0.3 is 0 Å². The maximum absolute atomic E-state index is 2.41. The third kappa shape index (κ3) is 4.70. The van der Waals surface area contributed by atoms with Crippen molar-refractivity contribution in [3.8, 4) is 33.4 Å². The van der Waals surface area contributed by atoms with Crippen LogP contribution in [0.15, 0.2) is 127 Å². The van der Waals surface area contributed by atoms with Crippen LogP contribution in [-0.4, -0.2) is 0 Å². The Morgan fingerprint density at radius 2 is 0.935 bits per heavy atom. The van der Waals surface area contributed by atoms with Gasteiger partial charge in [-0.25, -0.2) is 0 Å². The van der Waals surface area contributed by atoms with Crippen molar-refractivity contribution in [2.75, 3.05) is 4.90 Å². The largest absolute Gasteiger partial charge is 0.310 e. The molecule has 0 amide bonds. The minimum atomic E-state index is 0.108. The van der Waals surface area contributed by atoms with Gasteiger partial charge in [0.05, 0.1) is 0 Å². The van der Waals surface area contributed by atoms with E-state index in [0.717, 1.165) is 0 Å². The molecule has 7 aromatic carbocycles. The van der Waals surface area contributed by atoms with E-state index < -0.39 is 0 Å². The van der Waals surface area contributed by atoms with E-state index in [0.29, 0.717) is 0 Å². The molecule has 0 heterocycles. The molecule has 0 radical (unpaired) electrons. The standard InChI is InChI=1S/C45H39N/c1-28-20-40(21-29(2)30(28)3)46(38-18-15-37(16-19-38)45(4,5)6)39-17-14-34-25-42-43-26-35-22-32(31-10-8-7-9-11-31)12-13-33(35)24-41(43)44(42)27-36(34)23-39/h7-27H,1-6H3. The molecule has 0 spiro atoms. The molecule has 0 saturated carbocycles. The molecular formula is C45H39N. The van der Waals surface area contributed by atoms with Crippen LogP contribution in [-0.2, 0) is 5.41 Å². The highest BCUT2D eigenvalue weighted by molar-refractivity contribution is 6.12. The zero-order valence-corrected chi connectivity index (χ0v) is 27.6. The van der Waals surface area contributed by atoms with Crippen LogP contribution in [0.4, 0.5) is 17.1 Å². The van der Waals surface area contributed by atoms with Crippen molar-refractivity contribution in [3.63, 3.8) is 0 Å². The Bertz CT molecular complexity index is 2280. The molecule has 224 valence electrons. The fraction of sp³-hybridized carbons (Fsp3) is 0.156. The van der Waals surface area contributed by atoms with Crippen molar-refractivity contribution < 1.29 is 0 Å². The summed E-state index contributed by atoms with van der Waals surface area (Å²) in [5.41, 5.74) is 16.9. The first-order chi connectivity index (χ1) is 22.1. The summed E-state index contributed by atoms with van der Waals surface area (Å²) in [6, 6.07) is 47.7. The van der Waals surface area contributed by atoms with E-state index >= 15 is 0 Å². The number of fused-ring (bicyclic) bond motifs is 6. The molecule has 0 atom stereocenters. The number of hydrogen-bond acceptors (Lipinski definition) is 1. The third-order valence-corrected chi connectivity index (χ3v) is 10.0. The summed E-state index contributed by atoms with van der Waals surface area (Å²) >= 11 is 0. The normalized spacial score (nSPS) is 12.1. The molecule has 7 aromatic rings. The lowest BCUT2D eigenvalue weighted by molar-refractivity contribution is 0.590. The molecule has 0 aromatic heterocycles. The number of anilines is 3. The van der Waals surface area contributed by atoms with Crippen molar-refractivity contribution in [3.05, 3.63) is 150 Å². The average molecular weight is 594 g/mol. The van der Waals surface area contributed by atoms with E-state index in [4.69, 9.17) is 0 Å². The Morgan fingerprint density at radius 3 is 1.52 bits per heavy atom. The molecule has 0 aliphatic heterocycles. The second-order valence-electron chi connectivity index (χ2n) is 14.1. The van der Waals surface area contributed by atoms with Gasteiger partial charge in [0.1, 0.15) is 0 Å². The zero-order valence-electron chi connectivity index (χ0n) is 27.6. The zero-order chi connectivity index (χ0) is 31.7. The number of nitrogens with zero attached hydrogens (tertiary/aromatic N) is 1. The van der Waals surface area contributed by atoms with Crippen LogP contribution in [0, 0.1) is 20.8 Å². The SMILES string of the molecule is Cc1cc(N(c2ccc(C(C)(C)C)cc2)c2ccc3cc4c(cc3c2)-c2cc3ccc(-c5ccccc5)cc3cc2-4)cc(C)c1C. The fourth-order valence-corrected chi connectivity index (χ4v) is 7.06. The maximum atomic E-state index is 2.41. The van der Waals surface area contributed by atoms with E-state index in [1.54, 1.807) is 0 Å². The van der Waals surface area contributed by atoms with Gasteiger partial charge < -0.3 is 4.90 Å². The minimum Gasteiger partial charge on any atom is -0.310 e. The van der Waals surface area contributed by atoms with E-state index in [1.807, 2.05) is 0 Å². The minimum absolute atomic E-state index is 0.108. The number of benzene rings is 7. The number of rotatable bonds is 4. The van der Waals surface area contributed by atoms with Crippen molar-refractivity contribution >= 4 is 38.6 Å². The lowest BCUT2D eigenvalue weighted by atomic mass is 9.77. The van der Waals surface area contributed by atoms with Gasteiger partial charge in [0, 0.05) is 17.1 Å². The Balaban J connectivity index is 1.22. The van der Waals surface area contributed by atoms with Gasteiger partial charge in [0.15, 0.2) is 0 Å². The van der Waals surface area contributed by atoms with Crippen LogP contribution in [0.1, 0.15) is 43.0 Å². The molecule has 0 fully saturated rings. The first-order valence-electron chi connectivity index (χ1n) is 16.3. The predicted molar refractivity (Wildman–Crippen MR) is 199 cm³/mol. The number of aryl methyl sites for hydroxylation is 2. The molecule has 0 bridgehead atoms. The summed E-state index contributed by atoms with van der Waals surface area (Å²) in [5.74, 6) is 0. The Kier molecular flexibility index (Phi) is 6.44. The smallest absolute Gasteiger partial charge is 0.0468 e. The first kappa shape index (κ1) is 28.3. The summed E-state index contributed by atoms with van der Waals surface area (Å²) in [5, 5.41) is 5.11. The van der Waals surface area contributed by atoms with Gasteiger partial charge in [0.2, 0.25) is 0 Å². The van der Waals surface area contributed by atoms with Gasteiger partial charge in [0.25, 0.3) is 0 Å². The molecule has 0 unspecified atom stereocenters. The van der Waals surface area contributed by atoms with Crippen molar-refractivity contribution in [1.82, 2.24) is 0 Å². The van der Waals surface area contributed by atoms with Crippen molar-refractivity contribution in [1.29, 1.82) is 0 Å². The second kappa shape index (κ2) is 10.5. The Hall–Kier alpha value is -5.14. The molecule has 1 heteroatoms. The molecule has 1 aliphatic carbocycles. The van der Waals surface area contributed by atoms with Crippen LogP contribution >= 0.6 is 0 Å². The van der Waals surface area contributed by atoms with Gasteiger partial charge in [-0.15, -0.1) is 0 Å². The first-order valence-corrected chi connectivity index (χ1v) is 16.3. The Morgan fingerprint density at radius 1 is 0.413 bits per heavy atom. The summed E-state index contributed by atoms with van der Waals surface area (Å²) in [7, 11) is 0. The van der Waals surface area contributed by atoms with Gasteiger partial charge in [-0.1, -0.05) is 81.4 Å². The van der Waals surface area contributed by atoms with Gasteiger partial charge in [-0.05, 0) is 170 Å². The van der Waals surface area contributed by atoms with Crippen LogP contribution in [0.2, 0.25) is 0 Å². The van der Waals surface area contributed by atoms with Crippen LogP contribution < -0.4 is 4.90 Å². The highest BCUT2D eigenvalue weighted by Crippen LogP contribution is 2.51. The van der Waals surface area contributed by atoms with Crippen LogP contribution in [0.5, 0.6) is 0 Å². The lowest BCUT2D eigenvalue weighted by Crippen LogP contribution is -2.13. The molecule has 0 N–H and O–H groups in total. The molecular weight excluding hydrogens is 555 g/mol. The van der Waals surface area contributed by atoms with E-state index in [9.17, 15) is 0 Å². The molecule has 46 heavy (non-hydrogen) atoms. The molecule has 1 nitrogen and oxygen atoms in total. The topological polar surface area (TPSA) is 3.24 Å². The van der Waals surface area contributed by atoms with Crippen molar-refractivity contribution in [2.24, 2.45) is 0 Å². The maximum Gasteiger partial charge on any atom is 0.0468 e. The highest BCUT2D eigenvalue weighted by atomic mass is 15.1. The van der Waals surface area contributed by atoms with Crippen LogP contribution in [0.25, 0.3) is 54.9 Å². The average Bonchev–Trinajstić information content (AvgIpc) is 3.05. The summed E-state index contributed by atoms with van der Waals surface area (Å²) in [6.07, 6.45) is 0. The molecule has 8 rings (SSSR count). The summed E-state index contributed by atoms with van der Waals surface area (Å²) in [6.45, 7) is 13.5. The fourth-order valence-electron chi connectivity index (χ4n) is 7.06. The van der Waals surface area contributed by atoms with E-state index in [-0.39, 0.29) is 5.41 Å². The van der Waals surface area contributed by atoms with Crippen LogP contribution in [0.3, 0.4) is 0 Å².